The van der Waals surface area contributed by atoms with Gasteiger partial charge in [0.25, 0.3) is 0 Å². The zero-order valence-corrected chi connectivity index (χ0v) is 8.75. The molecule has 7 nitrogen and oxygen atoms in total. The number of rotatable bonds is 5. The molecular formula is C9H12N4O3. The van der Waals surface area contributed by atoms with Crippen LogP contribution in [0.2, 0.25) is 0 Å². The molecule has 1 aromatic heterocycles. The summed E-state index contributed by atoms with van der Waals surface area (Å²) in [5, 5.41) is 18.3. The van der Waals surface area contributed by atoms with Gasteiger partial charge in [-0.2, -0.15) is 0 Å². The van der Waals surface area contributed by atoms with E-state index in [0.717, 1.165) is 18.0 Å². The first-order chi connectivity index (χ1) is 7.59. The highest BCUT2D eigenvalue weighted by atomic mass is 16.4. The number of carboxylic acid groups (broad SMARTS) is 1. The van der Waals surface area contributed by atoms with E-state index in [1.54, 1.807) is 10.9 Å². The lowest BCUT2D eigenvalue weighted by Gasteiger charge is -2.01. The second-order valence-corrected chi connectivity index (χ2v) is 3.07. The number of aromatic nitrogens is 3. The molecule has 0 aliphatic rings. The number of hydrogen-bond donors (Lipinski definition) is 2. The first-order valence-electron chi connectivity index (χ1n) is 4.61. The molecule has 2 N–H and O–H groups in total. The van der Waals surface area contributed by atoms with Gasteiger partial charge in [-0.15, -0.1) is 10.2 Å². The molecule has 7 heteroatoms. The molecule has 0 bridgehead atoms. The summed E-state index contributed by atoms with van der Waals surface area (Å²) in [6.07, 6.45) is 3.88. The van der Waals surface area contributed by atoms with E-state index in [-0.39, 0.29) is 0 Å². The Morgan fingerprint density at radius 2 is 2.31 bits per heavy atom. The summed E-state index contributed by atoms with van der Waals surface area (Å²) in [5.41, 5.74) is 0. The number of carbonyl (C=O) groups is 2. The third-order valence-corrected chi connectivity index (χ3v) is 1.83. The van der Waals surface area contributed by atoms with E-state index < -0.39 is 11.9 Å². The van der Waals surface area contributed by atoms with Gasteiger partial charge < -0.3 is 15.0 Å². The van der Waals surface area contributed by atoms with E-state index in [9.17, 15) is 9.59 Å². The third kappa shape index (κ3) is 3.91. The monoisotopic (exact) mass is 224 g/mol. The molecule has 1 rings (SSSR count). The van der Waals surface area contributed by atoms with Crippen LogP contribution in [0.4, 0.5) is 0 Å². The summed E-state index contributed by atoms with van der Waals surface area (Å²) in [6, 6.07) is 0. The van der Waals surface area contributed by atoms with Crippen molar-refractivity contribution in [2.24, 2.45) is 7.05 Å². The number of carboxylic acids is 1. The highest BCUT2D eigenvalue weighted by molar-refractivity contribution is 5.93. The van der Waals surface area contributed by atoms with Crippen molar-refractivity contribution in [1.82, 2.24) is 20.1 Å². The fourth-order valence-corrected chi connectivity index (χ4v) is 1.04. The summed E-state index contributed by atoms with van der Waals surface area (Å²) < 4.78 is 1.75. The van der Waals surface area contributed by atoms with Crippen molar-refractivity contribution in [1.29, 1.82) is 0 Å². The average Bonchev–Trinajstić information content (AvgIpc) is 2.61. The molecule has 0 saturated heterocycles. The minimum atomic E-state index is -1.15. The Hall–Kier alpha value is -2.18. The maximum atomic E-state index is 11.1. The Morgan fingerprint density at radius 3 is 2.88 bits per heavy atom. The Morgan fingerprint density at radius 1 is 1.56 bits per heavy atom. The van der Waals surface area contributed by atoms with Crippen molar-refractivity contribution in [3.05, 3.63) is 24.3 Å². The number of nitrogens with zero attached hydrogens (tertiary/aromatic N) is 3. The van der Waals surface area contributed by atoms with Crippen molar-refractivity contribution < 1.29 is 14.7 Å². The van der Waals surface area contributed by atoms with Crippen LogP contribution in [0.3, 0.4) is 0 Å². The Kier molecular flexibility index (Phi) is 4.19. The van der Waals surface area contributed by atoms with Crippen LogP contribution in [0.5, 0.6) is 0 Å². The molecule has 86 valence electrons. The smallest absolute Gasteiger partial charge is 0.328 e. The second-order valence-electron chi connectivity index (χ2n) is 3.07. The van der Waals surface area contributed by atoms with Crippen molar-refractivity contribution in [3.63, 3.8) is 0 Å². The van der Waals surface area contributed by atoms with Crippen LogP contribution >= 0.6 is 0 Å². The number of carbonyl (C=O) groups excluding carboxylic acids is 1. The summed E-state index contributed by atoms with van der Waals surface area (Å²) in [5.74, 6) is -0.837. The summed E-state index contributed by atoms with van der Waals surface area (Å²) in [6.45, 7) is 0.384. The van der Waals surface area contributed by atoms with Gasteiger partial charge in [-0.05, 0) is 0 Å². The molecule has 0 aliphatic heterocycles. The SMILES string of the molecule is Cn1cnnc1CCNC(=O)C=CC(=O)O. The van der Waals surface area contributed by atoms with Crippen molar-refractivity contribution in [2.75, 3.05) is 6.54 Å². The Balaban J connectivity index is 2.28. The number of aryl methyl sites for hydroxylation is 1. The van der Waals surface area contributed by atoms with Crippen LogP contribution in [-0.4, -0.2) is 38.3 Å². The Labute approximate surface area is 91.8 Å². The molecule has 0 saturated carbocycles. The number of hydrogen-bond acceptors (Lipinski definition) is 4. The van der Waals surface area contributed by atoms with Crippen LogP contribution in [0, 0.1) is 0 Å². The predicted molar refractivity (Wildman–Crippen MR) is 54.5 cm³/mol. The quantitative estimate of drug-likeness (QED) is 0.633. The zero-order chi connectivity index (χ0) is 12.0. The van der Waals surface area contributed by atoms with Gasteiger partial charge in [0.05, 0.1) is 0 Å². The van der Waals surface area contributed by atoms with Crippen molar-refractivity contribution in [2.45, 2.75) is 6.42 Å². The van der Waals surface area contributed by atoms with E-state index in [1.807, 2.05) is 7.05 Å². The minimum absolute atomic E-state index is 0.384. The van der Waals surface area contributed by atoms with E-state index in [4.69, 9.17) is 5.11 Å². The highest BCUT2D eigenvalue weighted by Gasteiger charge is 2.01. The lowest BCUT2D eigenvalue weighted by atomic mass is 10.4. The van der Waals surface area contributed by atoms with Gasteiger partial charge in [-0.1, -0.05) is 0 Å². The maximum absolute atomic E-state index is 11.1. The largest absolute Gasteiger partial charge is 0.478 e. The molecule has 0 radical (unpaired) electrons. The fourth-order valence-electron chi connectivity index (χ4n) is 1.04. The lowest BCUT2D eigenvalue weighted by molar-refractivity contribution is -0.131. The summed E-state index contributed by atoms with van der Waals surface area (Å²) in [7, 11) is 1.81. The summed E-state index contributed by atoms with van der Waals surface area (Å²) >= 11 is 0. The predicted octanol–water partition coefficient (Wildman–Crippen LogP) is -0.885. The van der Waals surface area contributed by atoms with Crippen LogP contribution < -0.4 is 5.32 Å². The molecule has 0 spiro atoms. The molecule has 0 unspecified atom stereocenters. The third-order valence-electron chi connectivity index (χ3n) is 1.83. The molecule has 16 heavy (non-hydrogen) atoms. The minimum Gasteiger partial charge on any atom is -0.478 e. The molecule has 0 aromatic carbocycles. The first-order valence-corrected chi connectivity index (χ1v) is 4.61. The van der Waals surface area contributed by atoms with E-state index >= 15 is 0 Å². The Bertz CT molecular complexity index is 411. The fraction of sp³-hybridized carbons (Fsp3) is 0.333. The molecule has 1 heterocycles. The first kappa shape index (κ1) is 11.9. The van der Waals surface area contributed by atoms with Crippen LogP contribution in [0.15, 0.2) is 18.5 Å². The van der Waals surface area contributed by atoms with Crippen molar-refractivity contribution in [3.8, 4) is 0 Å². The standard InChI is InChI=1S/C9H12N4O3/c1-13-6-11-12-7(13)4-5-10-8(14)2-3-9(15)16/h2-3,6H,4-5H2,1H3,(H,10,14)(H,15,16). The average molecular weight is 224 g/mol. The molecule has 0 fully saturated rings. The normalized spacial score (nSPS) is 10.6. The van der Waals surface area contributed by atoms with Crippen molar-refractivity contribution >= 4 is 11.9 Å². The van der Waals surface area contributed by atoms with Gasteiger partial charge in [0, 0.05) is 32.2 Å². The van der Waals surface area contributed by atoms with E-state index in [1.165, 1.54) is 0 Å². The lowest BCUT2D eigenvalue weighted by Crippen LogP contribution is -2.24. The maximum Gasteiger partial charge on any atom is 0.328 e. The second kappa shape index (κ2) is 5.64. The topological polar surface area (TPSA) is 97.1 Å². The van der Waals surface area contributed by atoms with Gasteiger partial charge >= 0.3 is 5.97 Å². The van der Waals surface area contributed by atoms with E-state index in [2.05, 4.69) is 15.5 Å². The van der Waals surface area contributed by atoms with Gasteiger partial charge in [0.2, 0.25) is 5.91 Å². The van der Waals surface area contributed by atoms with Gasteiger partial charge in [-0.25, -0.2) is 4.79 Å². The summed E-state index contributed by atoms with van der Waals surface area (Å²) in [4.78, 5) is 21.2. The molecular weight excluding hydrogens is 212 g/mol. The highest BCUT2D eigenvalue weighted by Crippen LogP contribution is 1.91. The van der Waals surface area contributed by atoms with Crippen LogP contribution in [0.1, 0.15) is 5.82 Å². The van der Waals surface area contributed by atoms with Crippen LogP contribution in [-0.2, 0) is 23.1 Å². The molecule has 1 amide bonds. The zero-order valence-electron chi connectivity index (χ0n) is 8.75. The number of amides is 1. The van der Waals surface area contributed by atoms with Crippen LogP contribution in [0.25, 0.3) is 0 Å². The molecule has 0 atom stereocenters. The van der Waals surface area contributed by atoms with E-state index in [0.29, 0.717) is 13.0 Å². The van der Waals surface area contributed by atoms with Gasteiger partial charge in [0.15, 0.2) is 0 Å². The van der Waals surface area contributed by atoms with Gasteiger partial charge in [0.1, 0.15) is 12.2 Å². The number of nitrogens with one attached hydrogen (secondary N) is 1. The van der Waals surface area contributed by atoms with Gasteiger partial charge in [-0.3, -0.25) is 4.79 Å². The number of aliphatic carboxylic acids is 1. The molecule has 0 aliphatic carbocycles. The molecule has 1 aromatic rings.